The second kappa shape index (κ2) is 5.35. The molecule has 0 unspecified atom stereocenters. The molecule has 0 radical (unpaired) electrons. The third-order valence-electron chi connectivity index (χ3n) is 3.70. The highest BCUT2D eigenvalue weighted by Gasteiger charge is 2.42. The van der Waals surface area contributed by atoms with Gasteiger partial charge in [0, 0.05) is 17.5 Å². The van der Waals surface area contributed by atoms with Crippen LogP contribution in [-0.2, 0) is 14.8 Å². The van der Waals surface area contributed by atoms with Gasteiger partial charge in [0.2, 0.25) is 5.91 Å². The maximum absolute atomic E-state index is 12.8. The first kappa shape index (κ1) is 17.0. The smallest absolute Gasteiger partial charge is 0.266 e. The number of nitrogens with zero attached hydrogens (tertiary/aromatic N) is 1. The zero-order valence-corrected chi connectivity index (χ0v) is 14.6. The van der Waals surface area contributed by atoms with Crippen molar-refractivity contribution in [1.29, 1.82) is 0 Å². The molecular weight excluding hydrogens is 300 g/mol. The Labute approximate surface area is 132 Å². The van der Waals surface area contributed by atoms with Crippen molar-refractivity contribution in [2.45, 2.75) is 57.0 Å². The average molecular weight is 324 g/mol. The van der Waals surface area contributed by atoms with Crippen molar-refractivity contribution in [3.8, 4) is 0 Å². The topological polar surface area (TPSA) is 66.5 Å². The SMILES string of the molecule is Cc1ccc(S(=O)(=O)N2CC(C)(C)NC(C)(C)CC2=O)cc1. The first-order valence-electron chi connectivity index (χ1n) is 7.35. The van der Waals surface area contributed by atoms with E-state index in [1.165, 1.54) is 0 Å². The molecule has 1 fully saturated rings. The van der Waals surface area contributed by atoms with Crippen molar-refractivity contribution in [2.24, 2.45) is 0 Å². The van der Waals surface area contributed by atoms with Gasteiger partial charge in [0.1, 0.15) is 0 Å². The molecule has 0 aliphatic carbocycles. The predicted molar refractivity (Wildman–Crippen MR) is 86.0 cm³/mol. The summed E-state index contributed by atoms with van der Waals surface area (Å²) >= 11 is 0. The number of benzene rings is 1. The highest BCUT2D eigenvalue weighted by molar-refractivity contribution is 7.89. The van der Waals surface area contributed by atoms with Crippen LogP contribution in [0.4, 0.5) is 0 Å². The average Bonchev–Trinajstić information content (AvgIpc) is 2.42. The van der Waals surface area contributed by atoms with Crippen molar-refractivity contribution in [3.05, 3.63) is 29.8 Å². The maximum Gasteiger partial charge on any atom is 0.266 e. The number of rotatable bonds is 2. The molecule has 0 spiro atoms. The molecule has 1 aliphatic heterocycles. The van der Waals surface area contributed by atoms with Crippen LogP contribution in [0.3, 0.4) is 0 Å². The summed E-state index contributed by atoms with van der Waals surface area (Å²) in [5, 5.41) is 3.36. The van der Waals surface area contributed by atoms with E-state index in [1.54, 1.807) is 24.3 Å². The number of nitrogens with one attached hydrogen (secondary N) is 1. The van der Waals surface area contributed by atoms with Crippen LogP contribution in [0.1, 0.15) is 39.7 Å². The highest BCUT2D eigenvalue weighted by atomic mass is 32.2. The lowest BCUT2D eigenvalue weighted by atomic mass is 9.96. The lowest BCUT2D eigenvalue weighted by Crippen LogP contribution is -2.54. The van der Waals surface area contributed by atoms with Crippen LogP contribution in [0.5, 0.6) is 0 Å². The van der Waals surface area contributed by atoms with Gasteiger partial charge in [-0.1, -0.05) is 17.7 Å². The van der Waals surface area contributed by atoms with Gasteiger partial charge in [0.15, 0.2) is 0 Å². The Kier molecular flexibility index (Phi) is 4.13. The van der Waals surface area contributed by atoms with E-state index in [0.29, 0.717) is 0 Å². The fourth-order valence-corrected chi connectivity index (χ4v) is 4.53. The third kappa shape index (κ3) is 3.50. The fraction of sp³-hybridized carbons (Fsp3) is 0.562. The van der Waals surface area contributed by atoms with Gasteiger partial charge in [-0.05, 0) is 46.8 Å². The lowest BCUT2D eigenvalue weighted by Gasteiger charge is -2.34. The van der Waals surface area contributed by atoms with Gasteiger partial charge in [-0.25, -0.2) is 12.7 Å². The lowest BCUT2D eigenvalue weighted by molar-refractivity contribution is -0.126. The number of carbonyl (C=O) groups excluding carboxylic acids is 1. The molecule has 5 nitrogen and oxygen atoms in total. The van der Waals surface area contributed by atoms with E-state index in [-0.39, 0.29) is 23.8 Å². The highest BCUT2D eigenvalue weighted by Crippen LogP contribution is 2.27. The van der Waals surface area contributed by atoms with Crippen LogP contribution in [0, 0.1) is 6.92 Å². The Bertz CT molecular complexity index is 676. The Balaban J connectivity index is 2.45. The number of amides is 1. The minimum absolute atomic E-state index is 0.117. The Morgan fingerprint density at radius 1 is 1.05 bits per heavy atom. The van der Waals surface area contributed by atoms with Crippen LogP contribution in [0.2, 0.25) is 0 Å². The van der Waals surface area contributed by atoms with E-state index in [0.717, 1.165) is 9.87 Å². The molecule has 22 heavy (non-hydrogen) atoms. The van der Waals surface area contributed by atoms with E-state index < -0.39 is 21.1 Å². The first-order chi connectivity index (χ1) is 9.93. The van der Waals surface area contributed by atoms with Crippen LogP contribution in [0.15, 0.2) is 29.2 Å². The molecule has 1 heterocycles. The number of carbonyl (C=O) groups is 1. The van der Waals surface area contributed by atoms with Gasteiger partial charge in [-0.3, -0.25) is 4.79 Å². The van der Waals surface area contributed by atoms with E-state index in [1.807, 2.05) is 34.6 Å². The molecule has 0 atom stereocenters. The number of hydrogen-bond donors (Lipinski definition) is 1. The molecular formula is C16H24N2O3S. The van der Waals surface area contributed by atoms with E-state index in [2.05, 4.69) is 5.32 Å². The zero-order chi connectivity index (χ0) is 16.8. The first-order valence-corrected chi connectivity index (χ1v) is 8.79. The van der Waals surface area contributed by atoms with Gasteiger partial charge in [-0.2, -0.15) is 0 Å². The predicted octanol–water partition coefficient (Wildman–Crippen LogP) is 2.06. The van der Waals surface area contributed by atoms with Gasteiger partial charge in [-0.15, -0.1) is 0 Å². The zero-order valence-electron chi connectivity index (χ0n) is 13.8. The number of hydrogen-bond acceptors (Lipinski definition) is 4. The van der Waals surface area contributed by atoms with Gasteiger partial charge in [0.25, 0.3) is 10.0 Å². The summed E-state index contributed by atoms with van der Waals surface area (Å²) < 4.78 is 26.7. The minimum atomic E-state index is -3.83. The maximum atomic E-state index is 12.8. The minimum Gasteiger partial charge on any atom is -0.305 e. The van der Waals surface area contributed by atoms with Crippen molar-refractivity contribution in [3.63, 3.8) is 0 Å². The van der Waals surface area contributed by atoms with Crippen molar-refractivity contribution in [1.82, 2.24) is 9.62 Å². The monoisotopic (exact) mass is 324 g/mol. The molecule has 1 N–H and O–H groups in total. The molecule has 1 aromatic carbocycles. The molecule has 1 aromatic rings. The summed E-state index contributed by atoms with van der Waals surface area (Å²) in [4.78, 5) is 12.7. The van der Waals surface area contributed by atoms with Crippen LogP contribution in [0.25, 0.3) is 0 Å². The summed E-state index contributed by atoms with van der Waals surface area (Å²) in [6.07, 6.45) is 0.140. The van der Waals surface area contributed by atoms with Crippen LogP contribution in [-0.4, -0.2) is 36.3 Å². The standard InChI is InChI=1S/C16H24N2O3S/c1-12-6-8-13(9-7-12)22(20,21)18-11-16(4,5)17-15(2,3)10-14(18)19/h6-9,17H,10-11H2,1-5H3. The van der Waals surface area contributed by atoms with Crippen molar-refractivity contribution >= 4 is 15.9 Å². The largest absolute Gasteiger partial charge is 0.305 e. The van der Waals surface area contributed by atoms with Crippen molar-refractivity contribution < 1.29 is 13.2 Å². The molecule has 2 rings (SSSR count). The summed E-state index contributed by atoms with van der Waals surface area (Å²) in [7, 11) is -3.83. The van der Waals surface area contributed by atoms with E-state index in [4.69, 9.17) is 0 Å². The number of sulfonamides is 1. The summed E-state index contributed by atoms with van der Waals surface area (Å²) in [5.41, 5.74) is 0.0372. The molecule has 0 bridgehead atoms. The third-order valence-corrected chi connectivity index (χ3v) is 5.48. The van der Waals surface area contributed by atoms with Crippen molar-refractivity contribution in [2.75, 3.05) is 6.54 Å². The van der Waals surface area contributed by atoms with Gasteiger partial charge in [0.05, 0.1) is 11.4 Å². The van der Waals surface area contributed by atoms with E-state index >= 15 is 0 Å². The van der Waals surface area contributed by atoms with Crippen LogP contribution < -0.4 is 5.32 Å². The normalized spacial score (nSPS) is 21.5. The second-order valence-corrected chi connectivity index (χ2v) is 9.15. The Morgan fingerprint density at radius 3 is 2.14 bits per heavy atom. The number of aryl methyl sites for hydroxylation is 1. The quantitative estimate of drug-likeness (QED) is 0.904. The Hall–Kier alpha value is -1.40. The fourth-order valence-electron chi connectivity index (χ4n) is 2.97. The molecule has 1 amide bonds. The molecule has 6 heteroatoms. The molecule has 0 aromatic heterocycles. The summed E-state index contributed by atoms with van der Waals surface area (Å²) in [5.74, 6) is -0.372. The molecule has 0 saturated carbocycles. The van der Waals surface area contributed by atoms with Crippen LogP contribution >= 0.6 is 0 Å². The van der Waals surface area contributed by atoms with Gasteiger partial charge >= 0.3 is 0 Å². The molecule has 122 valence electrons. The molecule has 1 aliphatic rings. The summed E-state index contributed by atoms with van der Waals surface area (Å²) in [6, 6.07) is 6.58. The van der Waals surface area contributed by atoms with Gasteiger partial charge < -0.3 is 5.32 Å². The second-order valence-electron chi connectivity index (χ2n) is 7.29. The van der Waals surface area contributed by atoms with E-state index in [9.17, 15) is 13.2 Å². The molecule has 1 saturated heterocycles. The Morgan fingerprint density at radius 2 is 1.59 bits per heavy atom. The summed E-state index contributed by atoms with van der Waals surface area (Å²) in [6.45, 7) is 9.65.